The lowest BCUT2D eigenvalue weighted by molar-refractivity contribution is -0.385. The fourth-order valence-electron chi connectivity index (χ4n) is 2.64. The van der Waals surface area contributed by atoms with Crippen molar-refractivity contribution in [3.8, 4) is 11.5 Å². The summed E-state index contributed by atoms with van der Waals surface area (Å²) in [5.74, 6) is -1.31. The van der Waals surface area contributed by atoms with Crippen LogP contribution < -0.4 is 14.8 Å². The summed E-state index contributed by atoms with van der Waals surface area (Å²) in [6.45, 7) is 5.37. The van der Waals surface area contributed by atoms with E-state index in [2.05, 4.69) is 5.32 Å². The van der Waals surface area contributed by atoms with Gasteiger partial charge in [0, 0.05) is 11.8 Å². The van der Waals surface area contributed by atoms with Gasteiger partial charge in [0.15, 0.2) is 17.6 Å². The summed E-state index contributed by atoms with van der Waals surface area (Å²) >= 11 is 0. The molecule has 0 unspecified atom stereocenters. The molecule has 160 valence electrons. The standard InChI is InChI=1S/C21H24N2O7/c1-5-14-7-9-15(10-8-14)22-20(24)13(3)30-21(25)16-11-18(28-4)19(29-6-2)12-17(16)23(26)27/h7-13H,5-6H2,1-4H3,(H,22,24)/t13-/m1/s1. The van der Waals surface area contributed by atoms with Crippen LogP contribution in [-0.2, 0) is 16.0 Å². The Morgan fingerprint density at radius 3 is 2.33 bits per heavy atom. The summed E-state index contributed by atoms with van der Waals surface area (Å²) in [5.41, 5.74) is 0.817. The second-order valence-corrected chi connectivity index (χ2v) is 6.30. The molecule has 0 saturated heterocycles. The molecule has 2 aromatic rings. The fourth-order valence-corrected chi connectivity index (χ4v) is 2.64. The zero-order valence-corrected chi connectivity index (χ0v) is 17.3. The molecular weight excluding hydrogens is 392 g/mol. The van der Waals surface area contributed by atoms with Gasteiger partial charge in [-0.05, 0) is 38.0 Å². The molecule has 9 heteroatoms. The molecule has 0 heterocycles. The van der Waals surface area contributed by atoms with E-state index in [1.54, 1.807) is 19.1 Å². The molecule has 30 heavy (non-hydrogen) atoms. The van der Waals surface area contributed by atoms with E-state index in [0.717, 1.165) is 18.1 Å². The van der Waals surface area contributed by atoms with Crippen LogP contribution in [0.25, 0.3) is 0 Å². The first kappa shape index (κ1) is 22.7. The Hall–Kier alpha value is -3.62. The average Bonchev–Trinajstić information content (AvgIpc) is 2.73. The highest BCUT2D eigenvalue weighted by Crippen LogP contribution is 2.35. The Labute approximate surface area is 174 Å². The predicted octanol–water partition coefficient (Wildman–Crippen LogP) is 3.75. The van der Waals surface area contributed by atoms with Crippen LogP contribution in [0.3, 0.4) is 0 Å². The van der Waals surface area contributed by atoms with E-state index >= 15 is 0 Å². The van der Waals surface area contributed by atoms with Crippen LogP contribution >= 0.6 is 0 Å². The Morgan fingerprint density at radius 2 is 1.80 bits per heavy atom. The van der Waals surface area contributed by atoms with Gasteiger partial charge >= 0.3 is 5.97 Å². The number of methoxy groups -OCH3 is 1. The lowest BCUT2D eigenvalue weighted by Gasteiger charge is -2.15. The molecule has 1 atom stereocenters. The van der Waals surface area contributed by atoms with Gasteiger partial charge in [0.1, 0.15) is 5.56 Å². The van der Waals surface area contributed by atoms with Crippen molar-refractivity contribution in [2.24, 2.45) is 0 Å². The van der Waals surface area contributed by atoms with E-state index in [4.69, 9.17) is 14.2 Å². The van der Waals surface area contributed by atoms with Crippen molar-refractivity contribution in [2.75, 3.05) is 19.0 Å². The number of aryl methyl sites for hydroxylation is 1. The number of hydrogen-bond donors (Lipinski definition) is 1. The number of nitrogens with zero attached hydrogens (tertiary/aromatic N) is 1. The molecular formula is C21H24N2O7. The number of nitro benzene ring substituents is 1. The minimum atomic E-state index is -1.18. The minimum Gasteiger partial charge on any atom is -0.493 e. The molecule has 0 aliphatic carbocycles. The maximum atomic E-state index is 12.6. The van der Waals surface area contributed by atoms with Crippen molar-refractivity contribution in [3.05, 3.63) is 57.6 Å². The molecule has 0 saturated carbocycles. The molecule has 0 spiro atoms. The highest BCUT2D eigenvalue weighted by molar-refractivity contribution is 5.99. The lowest BCUT2D eigenvalue weighted by atomic mass is 10.1. The van der Waals surface area contributed by atoms with Crippen LogP contribution in [0.1, 0.15) is 36.7 Å². The number of esters is 1. The largest absolute Gasteiger partial charge is 0.493 e. The van der Waals surface area contributed by atoms with Gasteiger partial charge in [-0.2, -0.15) is 0 Å². The maximum Gasteiger partial charge on any atom is 0.346 e. The van der Waals surface area contributed by atoms with Gasteiger partial charge < -0.3 is 19.5 Å². The van der Waals surface area contributed by atoms with Crippen molar-refractivity contribution in [1.82, 2.24) is 0 Å². The van der Waals surface area contributed by atoms with Gasteiger partial charge in [-0.1, -0.05) is 19.1 Å². The highest BCUT2D eigenvalue weighted by atomic mass is 16.6. The summed E-state index contributed by atoms with van der Waals surface area (Å²) in [5, 5.41) is 14.1. The highest BCUT2D eigenvalue weighted by Gasteiger charge is 2.28. The third-order valence-corrected chi connectivity index (χ3v) is 4.28. The number of rotatable bonds is 9. The summed E-state index contributed by atoms with van der Waals surface area (Å²) in [6.07, 6.45) is -0.312. The summed E-state index contributed by atoms with van der Waals surface area (Å²) in [7, 11) is 1.35. The number of hydrogen-bond acceptors (Lipinski definition) is 7. The van der Waals surface area contributed by atoms with Gasteiger partial charge in [-0.3, -0.25) is 14.9 Å². The molecule has 2 rings (SSSR count). The first-order valence-corrected chi connectivity index (χ1v) is 9.40. The molecule has 1 amide bonds. The van der Waals surface area contributed by atoms with Crippen LogP contribution in [0.5, 0.6) is 11.5 Å². The summed E-state index contributed by atoms with van der Waals surface area (Å²) in [4.78, 5) is 35.6. The first-order chi connectivity index (χ1) is 14.3. The van der Waals surface area contributed by atoms with Gasteiger partial charge in [-0.15, -0.1) is 0 Å². The van der Waals surface area contributed by atoms with E-state index < -0.39 is 28.6 Å². The predicted molar refractivity (Wildman–Crippen MR) is 110 cm³/mol. The van der Waals surface area contributed by atoms with Crippen LogP contribution in [0.4, 0.5) is 11.4 Å². The topological polar surface area (TPSA) is 117 Å². The van der Waals surface area contributed by atoms with E-state index in [-0.39, 0.29) is 23.7 Å². The van der Waals surface area contributed by atoms with E-state index in [1.807, 2.05) is 19.1 Å². The second kappa shape index (κ2) is 10.2. The SMILES string of the molecule is CCOc1cc([N+](=O)[O-])c(C(=O)O[C@H](C)C(=O)Nc2ccc(CC)cc2)cc1OC. The van der Waals surface area contributed by atoms with Crippen molar-refractivity contribution >= 4 is 23.3 Å². The molecule has 0 aliphatic heterocycles. The summed E-state index contributed by atoms with van der Waals surface area (Å²) < 4.78 is 15.6. The van der Waals surface area contributed by atoms with Crippen LogP contribution in [0.2, 0.25) is 0 Å². The third kappa shape index (κ3) is 5.47. The molecule has 0 bridgehead atoms. The fraction of sp³-hybridized carbons (Fsp3) is 0.333. The normalized spacial score (nSPS) is 11.3. The quantitative estimate of drug-likeness (QED) is 0.376. The Morgan fingerprint density at radius 1 is 1.13 bits per heavy atom. The number of anilines is 1. The Balaban J connectivity index is 2.18. The van der Waals surface area contributed by atoms with Crippen molar-refractivity contribution in [1.29, 1.82) is 0 Å². The maximum absolute atomic E-state index is 12.6. The summed E-state index contributed by atoms with van der Waals surface area (Å²) in [6, 6.07) is 9.50. The first-order valence-electron chi connectivity index (χ1n) is 9.40. The number of nitrogens with one attached hydrogen (secondary N) is 1. The molecule has 0 aliphatic rings. The molecule has 0 fully saturated rings. The average molecular weight is 416 g/mol. The van der Waals surface area contributed by atoms with Gasteiger partial charge in [0.05, 0.1) is 24.7 Å². The molecule has 9 nitrogen and oxygen atoms in total. The molecule has 1 N–H and O–H groups in total. The lowest BCUT2D eigenvalue weighted by Crippen LogP contribution is -2.30. The molecule has 0 radical (unpaired) electrons. The zero-order valence-electron chi connectivity index (χ0n) is 17.3. The number of benzene rings is 2. The van der Waals surface area contributed by atoms with E-state index in [0.29, 0.717) is 5.69 Å². The monoisotopic (exact) mass is 416 g/mol. The number of ether oxygens (including phenoxy) is 3. The van der Waals surface area contributed by atoms with Gasteiger partial charge in [0.25, 0.3) is 11.6 Å². The number of nitro groups is 1. The number of amides is 1. The van der Waals surface area contributed by atoms with Crippen LogP contribution in [-0.4, -0.2) is 36.6 Å². The van der Waals surface area contributed by atoms with E-state index in [1.165, 1.54) is 20.1 Å². The second-order valence-electron chi connectivity index (χ2n) is 6.30. The molecule has 0 aromatic heterocycles. The van der Waals surface area contributed by atoms with Crippen LogP contribution in [0, 0.1) is 10.1 Å². The van der Waals surface area contributed by atoms with Crippen molar-refractivity contribution in [3.63, 3.8) is 0 Å². The number of carbonyl (C=O) groups excluding carboxylic acids is 2. The Kier molecular flexibility index (Phi) is 7.74. The number of carbonyl (C=O) groups is 2. The van der Waals surface area contributed by atoms with Crippen molar-refractivity contribution in [2.45, 2.75) is 33.3 Å². The minimum absolute atomic E-state index is 0.129. The van der Waals surface area contributed by atoms with E-state index in [9.17, 15) is 19.7 Å². The van der Waals surface area contributed by atoms with Crippen LogP contribution in [0.15, 0.2) is 36.4 Å². The van der Waals surface area contributed by atoms with Gasteiger partial charge in [-0.25, -0.2) is 4.79 Å². The Bertz CT molecular complexity index is 926. The van der Waals surface area contributed by atoms with Gasteiger partial charge in [0.2, 0.25) is 0 Å². The smallest absolute Gasteiger partial charge is 0.346 e. The third-order valence-electron chi connectivity index (χ3n) is 4.28. The zero-order chi connectivity index (χ0) is 22.3. The van der Waals surface area contributed by atoms with Crippen molar-refractivity contribution < 1.29 is 28.7 Å². The molecule has 2 aromatic carbocycles.